The number of likely N-dealkylation sites (tertiary alicyclic amines) is 1. The van der Waals surface area contributed by atoms with Crippen molar-refractivity contribution in [2.75, 3.05) is 26.2 Å². The van der Waals surface area contributed by atoms with Crippen LogP contribution in [0.25, 0.3) is 5.76 Å². The number of benzene rings is 2. The number of Topliss-reactive ketones (excluding diaryl/α,β-unsaturated/α-hetero) is 1. The Morgan fingerprint density at radius 3 is 2.29 bits per heavy atom. The number of nitro groups is 1. The molecule has 0 aliphatic carbocycles. The first-order valence-electron chi connectivity index (χ1n) is 12.9. The van der Waals surface area contributed by atoms with Gasteiger partial charge >= 0.3 is 0 Å². The average molecular weight is 562 g/mol. The van der Waals surface area contributed by atoms with Gasteiger partial charge < -0.3 is 14.9 Å². The summed E-state index contributed by atoms with van der Waals surface area (Å²) in [6.45, 7) is 7.26. The van der Waals surface area contributed by atoms with E-state index in [4.69, 9.17) is 23.2 Å². The number of amides is 1. The Hall–Kier alpha value is -2.94. The molecule has 3 rings (SSSR count). The molecular formula is C28H33Cl2N3O5. The second-order valence-electron chi connectivity index (χ2n) is 9.37. The SMILES string of the molecule is CCCCN(CCCC)CCCN1C(=O)C(=O)C(=C(O)c2cccc([N+](=O)[O-])c2)[C@@H]1c1ccc(Cl)cc1Cl. The summed E-state index contributed by atoms with van der Waals surface area (Å²) in [6.07, 6.45) is 4.96. The molecule has 1 atom stereocenters. The Morgan fingerprint density at radius 1 is 1.03 bits per heavy atom. The van der Waals surface area contributed by atoms with Gasteiger partial charge in [0.25, 0.3) is 17.4 Å². The number of aliphatic hydroxyl groups is 1. The highest BCUT2D eigenvalue weighted by molar-refractivity contribution is 6.47. The third-order valence-electron chi connectivity index (χ3n) is 6.66. The molecule has 0 saturated carbocycles. The monoisotopic (exact) mass is 561 g/mol. The van der Waals surface area contributed by atoms with Gasteiger partial charge in [0.05, 0.1) is 16.5 Å². The number of carbonyl (C=O) groups excluding carboxylic acids is 2. The van der Waals surface area contributed by atoms with Crippen LogP contribution in [0.4, 0.5) is 5.69 Å². The third-order valence-corrected chi connectivity index (χ3v) is 7.22. The van der Waals surface area contributed by atoms with Crippen molar-refractivity contribution in [2.24, 2.45) is 0 Å². The van der Waals surface area contributed by atoms with Gasteiger partial charge in [0.2, 0.25) is 0 Å². The Bertz CT molecular complexity index is 1210. The predicted octanol–water partition coefficient (Wildman–Crippen LogP) is 6.62. The molecule has 38 heavy (non-hydrogen) atoms. The largest absolute Gasteiger partial charge is 0.507 e. The van der Waals surface area contributed by atoms with Crippen LogP contribution in [0.3, 0.4) is 0 Å². The number of nitro benzene ring substituents is 1. The van der Waals surface area contributed by atoms with Crippen molar-refractivity contribution in [1.82, 2.24) is 9.80 Å². The fourth-order valence-corrected chi connectivity index (χ4v) is 5.15. The summed E-state index contributed by atoms with van der Waals surface area (Å²) < 4.78 is 0. The second-order valence-corrected chi connectivity index (χ2v) is 10.2. The van der Waals surface area contributed by atoms with Crippen molar-refractivity contribution in [1.29, 1.82) is 0 Å². The van der Waals surface area contributed by atoms with E-state index in [0.717, 1.165) is 45.3 Å². The molecule has 1 heterocycles. The molecule has 1 aliphatic heterocycles. The molecule has 2 aromatic rings. The number of ketones is 1. The number of nitrogens with zero attached hydrogens (tertiary/aromatic N) is 3. The molecule has 1 fully saturated rings. The number of carbonyl (C=O) groups is 2. The van der Waals surface area contributed by atoms with Gasteiger partial charge in [-0.25, -0.2) is 0 Å². The number of rotatable bonds is 13. The number of halogens is 2. The lowest BCUT2D eigenvalue weighted by atomic mass is 9.95. The number of aliphatic hydroxyl groups excluding tert-OH is 1. The zero-order valence-corrected chi connectivity index (χ0v) is 23.2. The van der Waals surface area contributed by atoms with Crippen LogP contribution in [0.2, 0.25) is 10.0 Å². The summed E-state index contributed by atoms with van der Waals surface area (Å²) in [5.74, 6) is -2.10. The number of hydrogen-bond donors (Lipinski definition) is 1. The Morgan fingerprint density at radius 2 is 1.68 bits per heavy atom. The van der Waals surface area contributed by atoms with Crippen molar-refractivity contribution < 1.29 is 19.6 Å². The van der Waals surface area contributed by atoms with Crippen LogP contribution in [0, 0.1) is 10.1 Å². The average Bonchev–Trinajstić information content (AvgIpc) is 3.14. The highest BCUT2D eigenvalue weighted by atomic mass is 35.5. The zero-order chi connectivity index (χ0) is 27.8. The van der Waals surface area contributed by atoms with Crippen LogP contribution in [-0.2, 0) is 9.59 Å². The number of unbranched alkanes of at least 4 members (excludes halogenated alkanes) is 2. The second kappa shape index (κ2) is 13.7. The lowest BCUT2D eigenvalue weighted by molar-refractivity contribution is -0.384. The normalized spacial score (nSPS) is 17.0. The Balaban J connectivity index is 1.99. The van der Waals surface area contributed by atoms with E-state index in [1.807, 2.05) is 0 Å². The van der Waals surface area contributed by atoms with E-state index in [1.165, 1.54) is 35.2 Å². The van der Waals surface area contributed by atoms with E-state index in [-0.39, 0.29) is 28.4 Å². The van der Waals surface area contributed by atoms with E-state index in [9.17, 15) is 24.8 Å². The molecule has 0 spiro atoms. The molecule has 204 valence electrons. The van der Waals surface area contributed by atoms with E-state index in [0.29, 0.717) is 17.0 Å². The summed E-state index contributed by atoms with van der Waals surface area (Å²) in [5.41, 5.74) is 0.103. The quantitative estimate of drug-likeness (QED) is 0.0968. The van der Waals surface area contributed by atoms with Gasteiger partial charge in [0, 0.05) is 34.3 Å². The van der Waals surface area contributed by atoms with Gasteiger partial charge in [-0.2, -0.15) is 0 Å². The molecule has 2 aromatic carbocycles. The Kier molecular flexibility index (Phi) is 10.7. The van der Waals surface area contributed by atoms with Crippen molar-refractivity contribution in [3.8, 4) is 0 Å². The summed E-state index contributed by atoms with van der Waals surface area (Å²) >= 11 is 12.6. The maximum Gasteiger partial charge on any atom is 0.295 e. The number of non-ortho nitro benzene ring substituents is 1. The van der Waals surface area contributed by atoms with Crippen molar-refractivity contribution in [2.45, 2.75) is 52.0 Å². The van der Waals surface area contributed by atoms with Crippen molar-refractivity contribution in [3.63, 3.8) is 0 Å². The fraction of sp³-hybridized carbons (Fsp3) is 0.429. The molecule has 8 nitrogen and oxygen atoms in total. The van der Waals surface area contributed by atoms with Gasteiger partial charge in [-0.1, -0.05) is 68.1 Å². The lowest BCUT2D eigenvalue weighted by Crippen LogP contribution is -2.34. The van der Waals surface area contributed by atoms with Crippen LogP contribution in [0.5, 0.6) is 0 Å². The Labute approximate surface area is 233 Å². The first-order chi connectivity index (χ1) is 18.2. The van der Waals surface area contributed by atoms with Crippen LogP contribution in [-0.4, -0.2) is 57.7 Å². The standard InChI is InChI=1S/C28H33Cl2N3O5/c1-3-5-13-31(14-6-4-2)15-8-16-32-25(22-12-11-20(29)18-23(22)30)24(27(35)28(32)36)26(34)19-9-7-10-21(17-19)33(37)38/h7,9-12,17-18,25,34H,3-6,8,13-16H2,1-2H3/t25-/m0/s1. The molecule has 1 N–H and O–H groups in total. The maximum absolute atomic E-state index is 13.3. The minimum absolute atomic E-state index is 0.0672. The minimum atomic E-state index is -0.959. The third kappa shape index (κ3) is 6.92. The van der Waals surface area contributed by atoms with E-state index >= 15 is 0 Å². The summed E-state index contributed by atoms with van der Waals surface area (Å²) in [7, 11) is 0. The first kappa shape index (κ1) is 29.6. The van der Waals surface area contributed by atoms with Gasteiger partial charge in [-0.15, -0.1) is 0 Å². The molecule has 10 heteroatoms. The molecule has 0 aromatic heterocycles. The lowest BCUT2D eigenvalue weighted by Gasteiger charge is -2.28. The summed E-state index contributed by atoms with van der Waals surface area (Å²) in [5, 5.41) is 23.1. The van der Waals surface area contributed by atoms with Crippen LogP contribution in [0.15, 0.2) is 48.0 Å². The summed E-state index contributed by atoms with van der Waals surface area (Å²) in [4.78, 5) is 41.0. The fourth-order valence-electron chi connectivity index (χ4n) is 4.64. The first-order valence-corrected chi connectivity index (χ1v) is 13.7. The molecular weight excluding hydrogens is 529 g/mol. The van der Waals surface area contributed by atoms with Crippen molar-refractivity contribution >= 4 is 46.3 Å². The minimum Gasteiger partial charge on any atom is -0.507 e. The van der Waals surface area contributed by atoms with Crippen molar-refractivity contribution in [3.05, 3.63) is 79.3 Å². The molecule has 1 amide bonds. The molecule has 0 bridgehead atoms. The van der Waals surface area contributed by atoms with Gasteiger partial charge in [-0.05, 0) is 56.6 Å². The maximum atomic E-state index is 13.3. The topological polar surface area (TPSA) is 104 Å². The van der Waals surface area contributed by atoms with Gasteiger partial charge in [0.1, 0.15) is 5.76 Å². The van der Waals surface area contributed by atoms with Gasteiger partial charge in [-0.3, -0.25) is 19.7 Å². The number of hydrogen-bond acceptors (Lipinski definition) is 6. The van der Waals surface area contributed by atoms with Gasteiger partial charge in [0.15, 0.2) is 0 Å². The van der Waals surface area contributed by atoms with E-state index in [2.05, 4.69) is 18.7 Å². The van der Waals surface area contributed by atoms with E-state index in [1.54, 1.807) is 12.1 Å². The molecule has 0 unspecified atom stereocenters. The zero-order valence-electron chi connectivity index (χ0n) is 21.7. The van der Waals surface area contributed by atoms with Crippen LogP contribution >= 0.6 is 23.2 Å². The van der Waals surface area contributed by atoms with Crippen LogP contribution < -0.4 is 0 Å². The molecule has 0 radical (unpaired) electrons. The van der Waals surface area contributed by atoms with Crippen LogP contribution in [0.1, 0.15) is 63.1 Å². The molecule has 1 aliphatic rings. The van der Waals surface area contributed by atoms with E-state index < -0.39 is 28.4 Å². The predicted molar refractivity (Wildman–Crippen MR) is 149 cm³/mol. The summed E-state index contributed by atoms with van der Waals surface area (Å²) in [6, 6.07) is 9.11. The highest BCUT2D eigenvalue weighted by Crippen LogP contribution is 2.42. The smallest absolute Gasteiger partial charge is 0.295 e. The highest BCUT2D eigenvalue weighted by Gasteiger charge is 2.46. The molecule has 1 saturated heterocycles.